The molecule has 0 spiro atoms. The maximum absolute atomic E-state index is 11.6. The van der Waals surface area contributed by atoms with E-state index in [4.69, 9.17) is 0 Å². The van der Waals surface area contributed by atoms with E-state index in [-0.39, 0.29) is 0 Å². The van der Waals surface area contributed by atoms with Crippen molar-refractivity contribution in [1.29, 1.82) is 15.8 Å². The molecule has 0 aliphatic rings. The normalized spacial score (nSPS) is 11.7. The summed E-state index contributed by atoms with van der Waals surface area (Å²) in [5.74, 6) is 0. The van der Waals surface area contributed by atoms with Crippen LogP contribution in [0, 0.1) is 34.0 Å². The maximum Gasteiger partial charge on any atom is 0.104 e. The number of hydrogen-bond acceptors (Lipinski definition) is 5. The summed E-state index contributed by atoms with van der Waals surface area (Å²) < 4.78 is 9.29. The minimum Gasteiger partial charge on any atom is -0.307 e. The molecular formula is C51H25N5S2. The fourth-order valence-corrected chi connectivity index (χ4v) is 11.4. The van der Waals surface area contributed by atoms with Gasteiger partial charge in [0.1, 0.15) is 11.6 Å². The number of fused-ring (bicyclic) bond motifs is 14. The quantitative estimate of drug-likeness (QED) is 0.179. The lowest BCUT2D eigenvalue weighted by Gasteiger charge is -2.19. The average molecular weight is 772 g/mol. The van der Waals surface area contributed by atoms with Crippen molar-refractivity contribution >= 4 is 107 Å². The highest BCUT2D eigenvalue weighted by Gasteiger charge is 2.26. The van der Waals surface area contributed by atoms with Crippen LogP contribution in [0.1, 0.15) is 16.7 Å². The molecule has 0 bridgehead atoms. The molecule has 0 N–H and O–H groups in total. The third kappa shape index (κ3) is 4.42. The van der Waals surface area contributed by atoms with Crippen LogP contribution < -0.4 is 0 Å². The Balaban J connectivity index is 1.32. The van der Waals surface area contributed by atoms with E-state index in [0.717, 1.165) is 76.9 Å². The van der Waals surface area contributed by atoms with Crippen molar-refractivity contribution in [3.05, 3.63) is 168 Å². The van der Waals surface area contributed by atoms with E-state index >= 15 is 0 Å². The lowest BCUT2D eigenvalue weighted by Crippen LogP contribution is -2.05. The fourth-order valence-electron chi connectivity index (χ4n) is 9.20. The van der Waals surface area contributed by atoms with Crippen molar-refractivity contribution < 1.29 is 0 Å². The molecule has 266 valence electrons. The zero-order chi connectivity index (χ0) is 38.6. The summed E-state index contributed by atoms with van der Waals surface area (Å²) in [6.45, 7) is 0. The van der Waals surface area contributed by atoms with Gasteiger partial charge in [-0.3, -0.25) is 0 Å². The van der Waals surface area contributed by atoms with Crippen molar-refractivity contribution in [1.82, 2.24) is 9.13 Å². The highest BCUT2D eigenvalue weighted by atomic mass is 32.1. The van der Waals surface area contributed by atoms with Gasteiger partial charge in [-0.2, -0.15) is 15.8 Å². The number of thiophene rings is 2. The van der Waals surface area contributed by atoms with Crippen molar-refractivity contribution in [2.75, 3.05) is 0 Å². The average Bonchev–Trinajstić information content (AvgIpc) is 4.03. The molecule has 4 aromatic heterocycles. The third-order valence-corrected chi connectivity index (χ3v) is 13.8. The minimum absolute atomic E-state index is 0.396. The van der Waals surface area contributed by atoms with Gasteiger partial charge in [-0.05, 0) is 77.9 Å². The molecule has 0 aliphatic carbocycles. The Morgan fingerprint density at radius 3 is 1.28 bits per heavy atom. The summed E-state index contributed by atoms with van der Waals surface area (Å²) in [6, 6.07) is 59.5. The molecule has 0 radical (unpaired) electrons. The topological polar surface area (TPSA) is 81.2 Å². The van der Waals surface area contributed by atoms with Gasteiger partial charge in [0.25, 0.3) is 0 Å². The molecule has 0 amide bonds. The highest BCUT2D eigenvalue weighted by Crippen LogP contribution is 2.47. The smallest absolute Gasteiger partial charge is 0.104 e. The van der Waals surface area contributed by atoms with Crippen LogP contribution in [0.4, 0.5) is 0 Å². The lowest BCUT2D eigenvalue weighted by molar-refractivity contribution is 1.12. The minimum atomic E-state index is 0.396. The predicted molar refractivity (Wildman–Crippen MR) is 240 cm³/mol. The number of benzene rings is 8. The van der Waals surface area contributed by atoms with Crippen LogP contribution in [0.15, 0.2) is 152 Å². The number of rotatable bonds is 3. The largest absolute Gasteiger partial charge is 0.307 e. The molecule has 0 saturated heterocycles. The van der Waals surface area contributed by atoms with Crippen LogP contribution in [-0.4, -0.2) is 9.13 Å². The van der Waals surface area contributed by atoms with E-state index in [1.807, 2.05) is 12.1 Å². The van der Waals surface area contributed by atoms with E-state index in [9.17, 15) is 15.8 Å². The maximum atomic E-state index is 11.6. The Kier molecular flexibility index (Phi) is 6.80. The molecule has 0 fully saturated rings. The number of nitrogens with zero attached hydrogens (tertiary/aromatic N) is 5. The SMILES string of the molecule is N#Cc1cc(C#N)cc(-c2cc(-n3c4ccccc4c4ccc5sc6ccccc6c5c43)c(C#N)c(-n3c4ccccc4c4ccc5sc6ccccc6c5c43)c2)c1. The Morgan fingerprint density at radius 1 is 0.379 bits per heavy atom. The van der Waals surface area contributed by atoms with E-state index in [1.54, 1.807) is 28.7 Å². The Hall–Kier alpha value is -7.73. The van der Waals surface area contributed by atoms with Gasteiger partial charge in [0, 0.05) is 61.9 Å². The molecule has 12 aromatic rings. The van der Waals surface area contributed by atoms with Crippen LogP contribution in [0.5, 0.6) is 0 Å². The summed E-state index contributed by atoms with van der Waals surface area (Å²) in [5.41, 5.74) is 8.30. The van der Waals surface area contributed by atoms with Gasteiger partial charge in [0.2, 0.25) is 0 Å². The summed E-state index contributed by atoms with van der Waals surface area (Å²) in [5, 5.41) is 40.9. The molecular weight excluding hydrogens is 747 g/mol. The van der Waals surface area contributed by atoms with Gasteiger partial charge in [0.15, 0.2) is 0 Å². The Morgan fingerprint density at radius 2 is 0.810 bits per heavy atom. The second-order valence-corrected chi connectivity index (χ2v) is 16.8. The molecule has 58 heavy (non-hydrogen) atoms. The van der Waals surface area contributed by atoms with Gasteiger partial charge in [-0.25, -0.2) is 0 Å². The predicted octanol–water partition coefficient (Wildman–Crippen LogP) is 13.9. The number of hydrogen-bond donors (Lipinski definition) is 0. The molecule has 4 heterocycles. The van der Waals surface area contributed by atoms with Crippen molar-refractivity contribution in [2.45, 2.75) is 0 Å². The van der Waals surface area contributed by atoms with E-state index in [1.165, 1.54) is 29.6 Å². The third-order valence-electron chi connectivity index (χ3n) is 11.6. The van der Waals surface area contributed by atoms with Gasteiger partial charge in [-0.1, -0.05) is 84.9 Å². The van der Waals surface area contributed by atoms with E-state index in [0.29, 0.717) is 16.7 Å². The standard InChI is InChI=1S/C51H25N5S2/c52-26-29-21-30(27-53)23-31(22-29)32-24-42(55-40-13-5-1-9-33(40)35-17-19-46-48(50(35)55)37-11-3-7-15-44(37)57-46)39(28-54)43(25-32)56-41-14-6-2-10-34(41)36-18-20-47-49(51(36)56)38-12-4-8-16-45(38)58-47/h1-25H. The van der Waals surface area contributed by atoms with Crippen molar-refractivity contribution in [3.8, 4) is 40.7 Å². The zero-order valence-electron chi connectivity index (χ0n) is 30.5. The summed E-state index contributed by atoms with van der Waals surface area (Å²) in [7, 11) is 0. The number of nitriles is 3. The van der Waals surface area contributed by atoms with Gasteiger partial charge < -0.3 is 9.13 Å². The van der Waals surface area contributed by atoms with Gasteiger partial charge in [-0.15, -0.1) is 22.7 Å². The molecule has 5 nitrogen and oxygen atoms in total. The molecule has 7 heteroatoms. The Bertz CT molecular complexity index is 3670. The molecule has 0 aliphatic heterocycles. The van der Waals surface area contributed by atoms with Crippen LogP contribution in [0.3, 0.4) is 0 Å². The van der Waals surface area contributed by atoms with Gasteiger partial charge >= 0.3 is 0 Å². The molecule has 12 rings (SSSR count). The van der Waals surface area contributed by atoms with Crippen LogP contribution in [0.25, 0.3) is 106 Å². The van der Waals surface area contributed by atoms with E-state index < -0.39 is 0 Å². The highest BCUT2D eigenvalue weighted by molar-refractivity contribution is 7.26. The lowest BCUT2D eigenvalue weighted by atomic mass is 9.97. The molecule has 0 atom stereocenters. The van der Waals surface area contributed by atoms with E-state index in [2.05, 4.69) is 161 Å². The monoisotopic (exact) mass is 771 g/mol. The summed E-state index contributed by atoms with van der Waals surface area (Å²) in [4.78, 5) is 0. The molecule has 0 saturated carbocycles. The zero-order valence-corrected chi connectivity index (χ0v) is 32.1. The number of aromatic nitrogens is 2. The van der Waals surface area contributed by atoms with Crippen molar-refractivity contribution in [3.63, 3.8) is 0 Å². The van der Waals surface area contributed by atoms with Gasteiger partial charge in [0.05, 0.1) is 56.7 Å². The van der Waals surface area contributed by atoms with Crippen LogP contribution in [-0.2, 0) is 0 Å². The first-order valence-electron chi connectivity index (χ1n) is 18.8. The second kappa shape index (κ2) is 12.1. The van der Waals surface area contributed by atoms with Crippen molar-refractivity contribution in [2.24, 2.45) is 0 Å². The first-order valence-corrected chi connectivity index (χ1v) is 20.5. The molecule has 0 unspecified atom stereocenters. The Labute approximate surface area is 338 Å². The van der Waals surface area contributed by atoms with Crippen LogP contribution >= 0.6 is 22.7 Å². The second-order valence-electron chi connectivity index (χ2n) is 14.6. The van der Waals surface area contributed by atoms with Crippen LogP contribution in [0.2, 0.25) is 0 Å². The first-order chi connectivity index (χ1) is 28.6. The number of para-hydroxylation sites is 2. The summed E-state index contributed by atoms with van der Waals surface area (Å²) in [6.07, 6.45) is 0. The molecule has 8 aromatic carbocycles. The fraction of sp³-hybridized carbons (Fsp3) is 0. The summed E-state index contributed by atoms with van der Waals surface area (Å²) >= 11 is 3.55. The first kappa shape index (κ1) is 32.5.